The van der Waals surface area contributed by atoms with Crippen molar-refractivity contribution in [2.75, 3.05) is 0 Å². The monoisotopic (exact) mass is 365 g/mol. The van der Waals surface area contributed by atoms with E-state index in [0.717, 1.165) is 11.9 Å². The predicted molar refractivity (Wildman–Crippen MR) is 100 cm³/mol. The Kier molecular flexibility index (Phi) is 4.60. The molecule has 1 unspecified atom stereocenters. The van der Waals surface area contributed by atoms with Gasteiger partial charge in [-0.05, 0) is 70.3 Å². The Bertz CT molecular complexity index is 729. The average molecular weight is 365 g/mol. The predicted octanol–water partition coefficient (Wildman–Crippen LogP) is 2.16. The second kappa shape index (κ2) is 6.08. The maximum absolute atomic E-state index is 11.4. The number of nitrogens with two attached hydrogens (primary N) is 1. The molecule has 0 aromatic heterocycles. The lowest BCUT2D eigenvalue weighted by Crippen LogP contribution is -2.41. The van der Waals surface area contributed by atoms with Crippen molar-refractivity contribution >= 4 is 22.6 Å². The van der Waals surface area contributed by atoms with E-state index in [1.54, 1.807) is 6.92 Å². The smallest absolute Gasteiger partial charge is 0.399 e. The fourth-order valence-corrected chi connectivity index (χ4v) is 3.87. The van der Waals surface area contributed by atoms with Crippen LogP contribution in [0.25, 0.3) is 0 Å². The Morgan fingerprint density at radius 1 is 1.16 bits per heavy atom. The Morgan fingerprint density at radius 3 is 2.16 bits per heavy atom. The van der Waals surface area contributed by atoms with Crippen molar-refractivity contribution < 1.29 is 17.7 Å². The number of hydrogen-bond acceptors (Lipinski definition) is 4. The Balaban J connectivity index is 1.63. The van der Waals surface area contributed by atoms with Crippen LogP contribution in [0.5, 0.6) is 0 Å². The highest BCUT2D eigenvalue weighted by atomic mass is 32.2. The molecule has 1 aliphatic carbocycles. The molecule has 1 aliphatic heterocycles. The Hall–Kier alpha value is -0.885. The van der Waals surface area contributed by atoms with Gasteiger partial charge in [0.2, 0.25) is 10.0 Å². The summed E-state index contributed by atoms with van der Waals surface area (Å²) in [6.45, 7) is 9.86. The summed E-state index contributed by atoms with van der Waals surface area (Å²) < 4.78 is 34.9. The van der Waals surface area contributed by atoms with Crippen LogP contribution in [0.15, 0.2) is 24.3 Å². The van der Waals surface area contributed by atoms with Crippen LogP contribution < -0.4 is 10.6 Å². The summed E-state index contributed by atoms with van der Waals surface area (Å²) in [6.07, 6.45) is 1.65. The molecule has 0 radical (unpaired) electrons. The van der Waals surface area contributed by atoms with E-state index in [9.17, 15) is 8.42 Å². The topological polar surface area (TPSA) is 78.6 Å². The van der Waals surface area contributed by atoms with E-state index in [1.165, 1.54) is 5.56 Å². The molecule has 0 spiro atoms. The summed E-state index contributed by atoms with van der Waals surface area (Å²) >= 11 is 0. The van der Waals surface area contributed by atoms with Crippen molar-refractivity contribution in [3.05, 3.63) is 29.8 Å². The quantitative estimate of drug-likeness (QED) is 0.811. The molecule has 0 bridgehead atoms. The van der Waals surface area contributed by atoms with Crippen molar-refractivity contribution in [2.45, 2.75) is 69.8 Å². The molecular weight excluding hydrogens is 337 g/mol. The van der Waals surface area contributed by atoms with Gasteiger partial charge >= 0.3 is 7.12 Å². The van der Waals surface area contributed by atoms with Gasteiger partial charge in [-0.25, -0.2) is 13.6 Å². The molecule has 1 saturated heterocycles. The van der Waals surface area contributed by atoms with Crippen molar-refractivity contribution in [3.8, 4) is 0 Å². The first kappa shape index (κ1) is 18.9. The fraction of sp³-hybridized carbons (Fsp3) is 0.667. The summed E-state index contributed by atoms with van der Waals surface area (Å²) in [6, 6.07) is 8.31. The summed E-state index contributed by atoms with van der Waals surface area (Å²) in [7, 11) is -3.79. The SMILES string of the molecule is CC(C[C@@H]1C[C@H]1c1ccc(B2OC(C)(C)C(C)(C)O2)cc1)S(N)(=O)=O. The first-order valence-corrected chi connectivity index (χ1v) is 10.5. The van der Waals surface area contributed by atoms with Gasteiger partial charge in [0.1, 0.15) is 0 Å². The molecule has 3 atom stereocenters. The minimum atomic E-state index is -3.44. The molecule has 2 aliphatic rings. The zero-order chi connectivity index (χ0) is 18.6. The summed E-state index contributed by atoms with van der Waals surface area (Å²) in [4.78, 5) is 0. The third kappa shape index (κ3) is 3.79. The lowest BCUT2D eigenvalue weighted by Gasteiger charge is -2.32. The normalized spacial score (nSPS) is 28.8. The number of primary sulfonamides is 1. The minimum Gasteiger partial charge on any atom is -0.399 e. The van der Waals surface area contributed by atoms with E-state index in [1.807, 2.05) is 27.7 Å². The van der Waals surface area contributed by atoms with Crippen LogP contribution in [0, 0.1) is 5.92 Å². The second-order valence-electron chi connectivity index (χ2n) is 8.49. The van der Waals surface area contributed by atoms with Gasteiger partial charge < -0.3 is 9.31 Å². The van der Waals surface area contributed by atoms with Gasteiger partial charge in [-0.1, -0.05) is 24.3 Å². The first-order valence-electron chi connectivity index (χ1n) is 8.88. The number of rotatable bonds is 5. The molecule has 1 saturated carbocycles. The molecule has 1 aromatic carbocycles. The zero-order valence-electron chi connectivity index (χ0n) is 15.7. The van der Waals surface area contributed by atoms with Crippen molar-refractivity contribution in [3.63, 3.8) is 0 Å². The van der Waals surface area contributed by atoms with Gasteiger partial charge in [-0.2, -0.15) is 0 Å². The molecule has 138 valence electrons. The van der Waals surface area contributed by atoms with E-state index in [4.69, 9.17) is 14.4 Å². The standard InChI is InChI=1S/C18H28BNO4S/c1-12(25(20,21)22)10-14-11-16(14)13-6-8-15(9-7-13)19-23-17(2,3)18(4,5)24-19/h6-9,12,14,16H,10-11H2,1-5H3,(H2,20,21,22)/t12?,14-,16+/m1/s1. The van der Waals surface area contributed by atoms with Crippen LogP contribution in [0.1, 0.15) is 58.9 Å². The summed E-state index contributed by atoms with van der Waals surface area (Å²) in [5.74, 6) is 0.826. The van der Waals surface area contributed by atoms with Crippen LogP contribution >= 0.6 is 0 Å². The van der Waals surface area contributed by atoms with Crippen molar-refractivity contribution in [2.24, 2.45) is 11.1 Å². The fourth-order valence-electron chi connectivity index (χ4n) is 3.36. The lowest BCUT2D eigenvalue weighted by atomic mass is 9.78. The molecule has 0 amide bonds. The van der Waals surface area contributed by atoms with Crippen LogP contribution in [-0.4, -0.2) is 32.0 Å². The average Bonchev–Trinajstić information content (AvgIpc) is 3.19. The summed E-state index contributed by atoms with van der Waals surface area (Å²) in [5, 5.41) is 4.74. The van der Waals surface area contributed by atoms with E-state index in [2.05, 4.69) is 24.3 Å². The maximum Gasteiger partial charge on any atom is 0.494 e. The molecular formula is C18H28BNO4S. The highest BCUT2D eigenvalue weighted by Crippen LogP contribution is 2.50. The second-order valence-corrected chi connectivity index (χ2v) is 10.5. The highest BCUT2D eigenvalue weighted by molar-refractivity contribution is 7.89. The van der Waals surface area contributed by atoms with Crippen molar-refractivity contribution in [1.82, 2.24) is 0 Å². The molecule has 2 N–H and O–H groups in total. The van der Waals surface area contributed by atoms with Gasteiger partial charge in [0.15, 0.2) is 0 Å². The molecule has 2 fully saturated rings. The lowest BCUT2D eigenvalue weighted by molar-refractivity contribution is 0.00578. The molecule has 1 heterocycles. The van der Waals surface area contributed by atoms with Crippen molar-refractivity contribution in [1.29, 1.82) is 0 Å². The summed E-state index contributed by atoms with van der Waals surface area (Å²) in [5.41, 5.74) is 1.56. The molecule has 7 heteroatoms. The van der Waals surface area contributed by atoms with Crippen LogP contribution in [0.4, 0.5) is 0 Å². The number of benzene rings is 1. The van der Waals surface area contributed by atoms with Gasteiger partial charge in [0, 0.05) is 0 Å². The van der Waals surface area contributed by atoms with Gasteiger partial charge in [0.05, 0.1) is 16.5 Å². The first-order chi connectivity index (χ1) is 11.4. The maximum atomic E-state index is 11.4. The van der Waals surface area contributed by atoms with Gasteiger partial charge in [0.25, 0.3) is 0 Å². The Labute approximate surface area is 151 Å². The van der Waals surface area contributed by atoms with Crippen LogP contribution in [-0.2, 0) is 19.3 Å². The van der Waals surface area contributed by atoms with E-state index < -0.39 is 15.3 Å². The molecule has 5 nitrogen and oxygen atoms in total. The molecule has 3 rings (SSSR count). The van der Waals surface area contributed by atoms with Crippen LogP contribution in [0.2, 0.25) is 0 Å². The number of hydrogen-bond donors (Lipinski definition) is 1. The zero-order valence-corrected chi connectivity index (χ0v) is 16.5. The molecule has 25 heavy (non-hydrogen) atoms. The third-order valence-corrected chi connectivity index (χ3v) is 7.32. The van der Waals surface area contributed by atoms with E-state index >= 15 is 0 Å². The molecule has 1 aromatic rings. The Morgan fingerprint density at radius 2 is 1.68 bits per heavy atom. The van der Waals surface area contributed by atoms with Crippen LogP contribution in [0.3, 0.4) is 0 Å². The van der Waals surface area contributed by atoms with Gasteiger partial charge in [-0.3, -0.25) is 0 Å². The van der Waals surface area contributed by atoms with E-state index in [0.29, 0.717) is 18.3 Å². The number of sulfonamides is 1. The minimum absolute atomic E-state index is 0.345. The van der Waals surface area contributed by atoms with E-state index in [-0.39, 0.29) is 18.3 Å². The third-order valence-electron chi connectivity index (χ3n) is 6.01. The van der Waals surface area contributed by atoms with Gasteiger partial charge in [-0.15, -0.1) is 0 Å². The largest absolute Gasteiger partial charge is 0.494 e. The highest BCUT2D eigenvalue weighted by Gasteiger charge is 2.51.